The molecule has 3 atom stereocenters. The number of hydrogen-bond acceptors (Lipinski definition) is 4. The molecular weight excluding hydrogens is 292 g/mol. The highest BCUT2D eigenvalue weighted by molar-refractivity contribution is 5.86. The zero-order valence-electron chi connectivity index (χ0n) is 15.1. The Balaban J connectivity index is 1.77. The Kier molecular flexibility index (Phi) is 6.38. The van der Waals surface area contributed by atoms with Gasteiger partial charge in [0.15, 0.2) is 0 Å². The fourth-order valence-corrected chi connectivity index (χ4v) is 3.71. The molecule has 4 heteroatoms. The van der Waals surface area contributed by atoms with Crippen LogP contribution < -0.4 is 0 Å². The molecule has 2 aliphatic heterocycles. The Morgan fingerprint density at radius 3 is 2.22 bits per heavy atom. The van der Waals surface area contributed by atoms with E-state index in [1.807, 2.05) is 27.7 Å². The normalized spacial score (nSPS) is 28.3. The van der Waals surface area contributed by atoms with Gasteiger partial charge in [-0.1, -0.05) is 27.7 Å². The highest BCUT2D eigenvalue weighted by Crippen LogP contribution is 2.31. The van der Waals surface area contributed by atoms with Crippen LogP contribution in [0.25, 0.3) is 0 Å². The van der Waals surface area contributed by atoms with Gasteiger partial charge in [-0.05, 0) is 32.1 Å². The first kappa shape index (κ1) is 18.6. The Bertz CT molecular complexity index is 410. The third-order valence-electron chi connectivity index (χ3n) is 5.21. The lowest BCUT2D eigenvalue weighted by Crippen LogP contribution is -2.38. The molecular formula is C19H32O4. The van der Waals surface area contributed by atoms with Crippen LogP contribution in [0.1, 0.15) is 59.8 Å². The lowest BCUT2D eigenvalue weighted by atomic mass is 9.79. The van der Waals surface area contributed by atoms with Gasteiger partial charge >= 0.3 is 0 Å². The van der Waals surface area contributed by atoms with Gasteiger partial charge < -0.3 is 9.47 Å². The van der Waals surface area contributed by atoms with Gasteiger partial charge in [-0.15, -0.1) is 0 Å². The molecule has 23 heavy (non-hydrogen) atoms. The van der Waals surface area contributed by atoms with Gasteiger partial charge in [0.1, 0.15) is 11.6 Å². The number of ether oxygens (including phenoxy) is 2. The predicted octanol–water partition coefficient (Wildman–Crippen LogP) is 3.42. The van der Waals surface area contributed by atoms with Crippen molar-refractivity contribution in [1.29, 1.82) is 0 Å². The summed E-state index contributed by atoms with van der Waals surface area (Å²) in [6.45, 7) is 9.86. The molecule has 0 N–H and O–H groups in total. The summed E-state index contributed by atoms with van der Waals surface area (Å²) < 4.78 is 11.2. The van der Waals surface area contributed by atoms with Crippen LogP contribution >= 0.6 is 0 Å². The van der Waals surface area contributed by atoms with Crippen molar-refractivity contribution in [2.45, 2.75) is 65.9 Å². The quantitative estimate of drug-likeness (QED) is 0.777. The van der Waals surface area contributed by atoms with Crippen LogP contribution in [0.15, 0.2) is 0 Å². The minimum Gasteiger partial charge on any atom is -0.381 e. The van der Waals surface area contributed by atoms with Crippen LogP contribution in [0.2, 0.25) is 0 Å². The summed E-state index contributed by atoms with van der Waals surface area (Å²) in [5.41, 5.74) is -0.298. The SMILES string of the molecule is CC(CC1CCC(C(=O)C(C)(C)C)CO1)C(=O)C1CCOCC1. The smallest absolute Gasteiger partial charge is 0.143 e. The molecule has 2 aliphatic rings. The van der Waals surface area contributed by atoms with Crippen molar-refractivity contribution in [3.8, 4) is 0 Å². The van der Waals surface area contributed by atoms with Crippen molar-refractivity contribution < 1.29 is 19.1 Å². The molecule has 3 unspecified atom stereocenters. The van der Waals surface area contributed by atoms with Gasteiger partial charge in [-0.2, -0.15) is 0 Å². The zero-order chi connectivity index (χ0) is 17.0. The van der Waals surface area contributed by atoms with E-state index in [2.05, 4.69) is 0 Å². The van der Waals surface area contributed by atoms with E-state index in [9.17, 15) is 9.59 Å². The lowest BCUT2D eigenvalue weighted by Gasteiger charge is -2.33. The molecule has 0 amide bonds. The van der Waals surface area contributed by atoms with Crippen molar-refractivity contribution in [2.24, 2.45) is 23.2 Å². The highest BCUT2D eigenvalue weighted by Gasteiger charge is 2.35. The van der Waals surface area contributed by atoms with E-state index in [-0.39, 0.29) is 29.3 Å². The Morgan fingerprint density at radius 1 is 1.04 bits per heavy atom. The molecule has 0 aromatic carbocycles. The molecule has 4 nitrogen and oxygen atoms in total. The van der Waals surface area contributed by atoms with Gasteiger partial charge in [-0.25, -0.2) is 0 Å². The fourth-order valence-electron chi connectivity index (χ4n) is 3.71. The molecule has 0 aliphatic carbocycles. The molecule has 0 radical (unpaired) electrons. The lowest BCUT2D eigenvalue weighted by molar-refractivity contribution is -0.139. The second kappa shape index (κ2) is 7.89. The third kappa shape index (κ3) is 5.12. The largest absolute Gasteiger partial charge is 0.381 e. The van der Waals surface area contributed by atoms with Gasteiger partial charge in [-0.3, -0.25) is 9.59 Å². The molecule has 0 spiro atoms. The fraction of sp³-hybridized carbons (Fsp3) is 0.895. The van der Waals surface area contributed by atoms with Crippen molar-refractivity contribution in [1.82, 2.24) is 0 Å². The monoisotopic (exact) mass is 324 g/mol. The summed E-state index contributed by atoms with van der Waals surface area (Å²) in [5.74, 6) is 0.885. The summed E-state index contributed by atoms with van der Waals surface area (Å²) in [5, 5.41) is 0. The zero-order valence-corrected chi connectivity index (χ0v) is 15.1. The van der Waals surface area contributed by atoms with Gasteiger partial charge in [0, 0.05) is 36.4 Å². The summed E-state index contributed by atoms with van der Waals surface area (Å²) >= 11 is 0. The molecule has 0 saturated carbocycles. The van der Waals surface area contributed by atoms with Crippen molar-refractivity contribution in [3.63, 3.8) is 0 Å². The second-order valence-electron chi connectivity index (χ2n) is 8.27. The summed E-state index contributed by atoms with van der Waals surface area (Å²) in [6, 6.07) is 0. The van der Waals surface area contributed by atoms with E-state index in [4.69, 9.17) is 9.47 Å². The summed E-state index contributed by atoms with van der Waals surface area (Å²) in [6.07, 6.45) is 4.40. The minimum atomic E-state index is -0.298. The molecule has 2 rings (SSSR count). The predicted molar refractivity (Wildman–Crippen MR) is 89.3 cm³/mol. The standard InChI is InChI=1S/C19H32O4/c1-13(17(20)14-7-9-22-10-8-14)11-16-6-5-15(12-23-16)18(21)19(2,3)4/h13-16H,5-12H2,1-4H3. The van der Waals surface area contributed by atoms with Crippen LogP contribution in [0.3, 0.4) is 0 Å². The molecule has 0 aromatic rings. The molecule has 132 valence electrons. The molecule has 2 fully saturated rings. The first-order valence-corrected chi connectivity index (χ1v) is 9.06. The van der Waals surface area contributed by atoms with Crippen LogP contribution in [0.4, 0.5) is 0 Å². The second-order valence-corrected chi connectivity index (χ2v) is 8.27. The number of Topliss-reactive ketones (excluding diaryl/α,β-unsaturated/α-hetero) is 2. The van der Waals surface area contributed by atoms with E-state index in [0.717, 1.165) is 32.1 Å². The summed E-state index contributed by atoms with van der Waals surface area (Å²) in [7, 11) is 0. The van der Waals surface area contributed by atoms with Gasteiger partial charge in [0.25, 0.3) is 0 Å². The minimum absolute atomic E-state index is 0.0211. The average Bonchev–Trinajstić information content (AvgIpc) is 2.54. The first-order chi connectivity index (χ1) is 10.8. The van der Waals surface area contributed by atoms with Crippen molar-refractivity contribution in [3.05, 3.63) is 0 Å². The Morgan fingerprint density at radius 2 is 1.70 bits per heavy atom. The summed E-state index contributed by atoms with van der Waals surface area (Å²) in [4.78, 5) is 24.8. The highest BCUT2D eigenvalue weighted by atomic mass is 16.5. The van der Waals surface area contributed by atoms with E-state index in [1.165, 1.54) is 0 Å². The van der Waals surface area contributed by atoms with E-state index in [0.29, 0.717) is 31.4 Å². The van der Waals surface area contributed by atoms with Crippen molar-refractivity contribution >= 4 is 11.6 Å². The molecule has 2 heterocycles. The number of ketones is 2. The number of carbonyl (C=O) groups is 2. The first-order valence-electron chi connectivity index (χ1n) is 9.06. The number of rotatable bonds is 5. The topological polar surface area (TPSA) is 52.6 Å². The van der Waals surface area contributed by atoms with Crippen LogP contribution in [-0.4, -0.2) is 37.5 Å². The molecule has 0 bridgehead atoms. The third-order valence-corrected chi connectivity index (χ3v) is 5.21. The van der Waals surface area contributed by atoms with Crippen LogP contribution in [0, 0.1) is 23.2 Å². The maximum absolute atomic E-state index is 12.5. The number of hydrogen-bond donors (Lipinski definition) is 0. The van der Waals surface area contributed by atoms with Crippen LogP contribution in [0.5, 0.6) is 0 Å². The Hall–Kier alpha value is -0.740. The van der Waals surface area contributed by atoms with Gasteiger partial charge in [0.05, 0.1) is 12.7 Å². The van der Waals surface area contributed by atoms with Crippen molar-refractivity contribution in [2.75, 3.05) is 19.8 Å². The van der Waals surface area contributed by atoms with E-state index < -0.39 is 0 Å². The molecule has 2 saturated heterocycles. The Labute approximate surface area is 140 Å². The van der Waals surface area contributed by atoms with Gasteiger partial charge in [0.2, 0.25) is 0 Å². The van der Waals surface area contributed by atoms with Crippen LogP contribution in [-0.2, 0) is 19.1 Å². The number of carbonyl (C=O) groups excluding carboxylic acids is 2. The van der Waals surface area contributed by atoms with E-state index in [1.54, 1.807) is 0 Å². The maximum atomic E-state index is 12.5. The van der Waals surface area contributed by atoms with E-state index >= 15 is 0 Å². The molecule has 0 aromatic heterocycles. The maximum Gasteiger partial charge on any atom is 0.143 e. The average molecular weight is 324 g/mol.